The first-order valence-corrected chi connectivity index (χ1v) is 44.5. The molecule has 13 aromatic carbocycles. The lowest BCUT2D eigenvalue weighted by Gasteiger charge is -2.20. The molecule has 0 amide bonds. The molecule has 130 heavy (non-hydrogen) atoms. The smallest absolute Gasteiger partial charge is 0.429 e. The second-order valence-electron chi connectivity index (χ2n) is 28.6. The molecule has 0 saturated carbocycles. The van der Waals surface area contributed by atoms with Gasteiger partial charge >= 0.3 is 26.5 Å². The standard InChI is InChI=1S/C29H20F8O.C16H18BFO2.C16H16BrF.C13H4BrF7O.C9H13BO2.C7H5BrFI.C6H3BrFI.CH4/c1-3-4-16-5-7-17(8-6-16)20-9-10-21(27(34)15(20)2)18-11-22(30)26(23(31)12-18)29(36,37)38-19-13-24(32)28(35)25(33)14-19;1-3-4-12-5-7-13(8-6-12)14-9-10-15(17(19)20)16(18)11(14)2;1-3-4-12-5-7-13(8-6-12)14-9-10-15(17)16(18)11(14)2;14-5-1-7(15)11(8(16)2-5)13(20,21)22-6-3-9(17)12(19)10(18)4-6;1-2-3-8-4-6-9(7-5-8)10(11)12;1-4-6(10)3-2-5(8)7(4)9;7-5-2-1-4(9)3-6(5)8;/h5-14H,3-4H2,1-2H3;5-10,19-20H,3-4H2,1-2H3;5-10H,3-4H2,1-2H3;1-4H;4-7,11-12H,2-3H2,1H3;2-3H,1H3;1-3H;1H4. The summed E-state index contributed by atoms with van der Waals surface area (Å²) in [6.07, 6.45) is -0.949. The van der Waals surface area contributed by atoms with Crippen LogP contribution in [-0.4, -0.2) is 34.3 Å². The fourth-order valence-electron chi connectivity index (χ4n) is 12.5. The summed E-state index contributed by atoms with van der Waals surface area (Å²) in [7, 11) is -3.13. The van der Waals surface area contributed by atoms with Crippen molar-refractivity contribution in [2.45, 2.75) is 126 Å². The number of hydrogen-bond acceptors (Lipinski definition) is 6. The van der Waals surface area contributed by atoms with Crippen molar-refractivity contribution in [2.75, 3.05) is 0 Å². The third kappa shape index (κ3) is 30.5. The molecule has 0 spiro atoms. The minimum atomic E-state index is -4.74. The van der Waals surface area contributed by atoms with E-state index in [2.05, 4.69) is 163 Å². The Morgan fingerprint density at radius 1 is 0.308 bits per heavy atom. The predicted octanol–water partition coefficient (Wildman–Crippen LogP) is 30.1. The van der Waals surface area contributed by atoms with Crippen molar-refractivity contribution < 1.29 is 113 Å². The lowest BCUT2D eigenvalue weighted by atomic mass is 9.78. The van der Waals surface area contributed by atoms with E-state index in [1.807, 2.05) is 92.7 Å². The molecule has 0 fully saturated rings. The third-order valence-corrected chi connectivity index (χ3v) is 23.3. The van der Waals surface area contributed by atoms with Gasteiger partial charge in [0, 0.05) is 46.9 Å². The van der Waals surface area contributed by atoms with Crippen molar-refractivity contribution in [3.05, 3.63) is 380 Å². The van der Waals surface area contributed by atoms with E-state index in [1.54, 1.807) is 56.3 Å². The Hall–Kier alpha value is -8.52. The van der Waals surface area contributed by atoms with E-state index in [9.17, 15) is 79.0 Å². The molecule has 0 aliphatic rings. The summed E-state index contributed by atoms with van der Waals surface area (Å²) in [5.41, 5.74) is 8.21. The summed E-state index contributed by atoms with van der Waals surface area (Å²) in [5.74, 6) is -22.2. The van der Waals surface area contributed by atoms with E-state index in [4.69, 9.17) is 20.1 Å². The van der Waals surface area contributed by atoms with Crippen LogP contribution < -0.4 is 20.4 Å². The highest BCUT2D eigenvalue weighted by molar-refractivity contribution is 14.1. The van der Waals surface area contributed by atoms with E-state index in [0.29, 0.717) is 65.4 Å². The van der Waals surface area contributed by atoms with E-state index in [1.165, 1.54) is 41.8 Å². The second kappa shape index (κ2) is 51.1. The summed E-state index contributed by atoms with van der Waals surface area (Å²) in [6.45, 7) is 15.2. The van der Waals surface area contributed by atoms with Gasteiger partial charge in [-0.3, -0.25) is 0 Å². The zero-order valence-electron chi connectivity index (χ0n) is 69.6. The number of hydrogen-bond donors (Lipinski definition) is 4. The monoisotopic (exact) mass is 2300 g/mol. The molecule has 4 N–H and O–H groups in total. The molecule has 13 aromatic rings. The van der Waals surface area contributed by atoms with Crippen LogP contribution in [0.1, 0.15) is 116 Å². The van der Waals surface area contributed by atoms with Gasteiger partial charge in [0.05, 0.1) is 13.4 Å². The number of rotatable bonds is 20. The average Bonchev–Trinajstić information content (AvgIpc) is 0.764. The Morgan fingerprint density at radius 3 is 0.969 bits per heavy atom. The molecule has 0 saturated heterocycles. The van der Waals surface area contributed by atoms with Crippen LogP contribution in [0, 0.1) is 122 Å². The summed E-state index contributed by atoms with van der Waals surface area (Å²) in [6, 6.07) is 52.2. The van der Waals surface area contributed by atoms with Crippen molar-refractivity contribution >= 4 is 134 Å². The molecule has 688 valence electrons. The van der Waals surface area contributed by atoms with Gasteiger partial charge in [0.25, 0.3) is 0 Å². The molecule has 13 rings (SSSR count). The number of alkyl halides is 4. The molecule has 33 heteroatoms. The van der Waals surface area contributed by atoms with E-state index in [-0.39, 0.29) is 75.8 Å². The van der Waals surface area contributed by atoms with Crippen molar-refractivity contribution in [3.63, 3.8) is 0 Å². The largest absolute Gasteiger partial charge is 0.491 e. The Labute approximate surface area is 802 Å². The SMILES string of the molecule is C.CCCc1ccc(-c2ccc(-c3cc(F)c(C(F)(F)Oc4cc(F)c(F)c(F)c4)c(F)c3)c(F)c2C)cc1.CCCc1ccc(-c2ccc(B(O)O)c(F)c2C)cc1.CCCc1ccc(-c2ccc(Br)c(F)c2C)cc1.CCCc1ccc(B(O)O)cc1.Cc1c(I)ccc(Br)c1F.Fc1cc(I)ccc1Br.Fc1cc(OC(F)(F)c2c(F)cc(Br)cc2F)cc(F)c1F. The molecule has 0 heterocycles. The van der Waals surface area contributed by atoms with Gasteiger partial charge in [0.15, 0.2) is 34.9 Å². The van der Waals surface area contributed by atoms with Crippen LogP contribution in [0.5, 0.6) is 11.5 Å². The van der Waals surface area contributed by atoms with Crippen LogP contribution in [0.4, 0.5) is 83.4 Å². The summed E-state index contributed by atoms with van der Waals surface area (Å²) in [4.78, 5) is 0. The van der Waals surface area contributed by atoms with Crippen LogP contribution in [0.3, 0.4) is 0 Å². The van der Waals surface area contributed by atoms with Gasteiger partial charge in [0.2, 0.25) is 0 Å². The van der Waals surface area contributed by atoms with Gasteiger partial charge in [-0.2, -0.15) is 17.6 Å². The van der Waals surface area contributed by atoms with E-state index >= 15 is 4.39 Å². The summed E-state index contributed by atoms with van der Waals surface area (Å²) in [5, 5.41) is 35.8. The number of halogens is 25. The van der Waals surface area contributed by atoms with Gasteiger partial charge in [-0.15, -0.1) is 0 Å². The van der Waals surface area contributed by atoms with Crippen molar-refractivity contribution in [2.24, 2.45) is 0 Å². The number of ether oxygens (including phenoxy) is 2. The Morgan fingerprint density at radius 2 is 0.623 bits per heavy atom. The topological polar surface area (TPSA) is 99.4 Å². The Balaban J connectivity index is 0.000000247. The van der Waals surface area contributed by atoms with Crippen LogP contribution >= 0.6 is 109 Å². The van der Waals surface area contributed by atoms with E-state index in [0.717, 1.165) is 91.9 Å². The maximum absolute atomic E-state index is 15.3. The molecule has 0 bridgehead atoms. The minimum Gasteiger partial charge on any atom is -0.429 e. The zero-order valence-corrected chi connectivity index (χ0v) is 80.2. The molecule has 0 unspecified atom stereocenters. The summed E-state index contributed by atoms with van der Waals surface area (Å²) >= 11 is 16.2. The zero-order chi connectivity index (χ0) is 95.8. The number of aryl methyl sites for hydroxylation is 4. The van der Waals surface area contributed by atoms with Gasteiger partial charge in [-0.05, 0) is 296 Å². The molecular weight excluding hydrogens is 2220 g/mol. The van der Waals surface area contributed by atoms with Crippen molar-refractivity contribution in [1.29, 1.82) is 0 Å². The van der Waals surface area contributed by atoms with Gasteiger partial charge in [-0.25, -0.2) is 65.9 Å². The second-order valence-corrected chi connectivity index (χ2v) is 34.5. The third-order valence-electron chi connectivity index (χ3n) is 19.2. The van der Waals surface area contributed by atoms with Gasteiger partial charge in [-0.1, -0.05) is 204 Å². The molecule has 0 aromatic heterocycles. The van der Waals surface area contributed by atoms with Crippen molar-refractivity contribution in [1.82, 2.24) is 0 Å². The molecule has 0 atom stereocenters. The first kappa shape index (κ1) is 110. The predicted molar refractivity (Wildman–Crippen MR) is 506 cm³/mol. The van der Waals surface area contributed by atoms with E-state index < -0.39 is 119 Å². The average molecular weight is 2300 g/mol. The maximum Gasteiger partial charge on any atom is 0.491 e. The molecule has 0 radical (unpaired) electrons. The van der Waals surface area contributed by atoms with Crippen LogP contribution in [0.2, 0.25) is 0 Å². The quantitative estimate of drug-likeness (QED) is 0.0200. The highest BCUT2D eigenvalue weighted by atomic mass is 127. The normalized spacial score (nSPS) is 10.8. The number of benzene rings is 13. The molecule has 0 aliphatic heterocycles. The fraction of sp³-hybridized carbons (Fsp3) is 0.196. The molecule has 6 nitrogen and oxygen atoms in total. The molecular formula is C97H83B2Br4F19I2O6. The fourth-order valence-corrected chi connectivity index (χ4v) is 14.9. The first-order chi connectivity index (χ1) is 60.8. The summed E-state index contributed by atoms with van der Waals surface area (Å²) < 4.78 is 272. The minimum absolute atomic E-state index is 0. The highest BCUT2D eigenvalue weighted by Gasteiger charge is 2.43. The Kier molecular flexibility index (Phi) is 43.3. The van der Waals surface area contributed by atoms with Crippen LogP contribution in [0.25, 0.3) is 44.5 Å². The Bertz CT molecular complexity index is 5870. The van der Waals surface area contributed by atoms with Gasteiger partial charge < -0.3 is 29.6 Å². The lowest BCUT2D eigenvalue weighted by molar-refractivity contribution is -0.190. The van der Waals surface area contributed by atoms with Gasteiger partial charge in [0.1, 0.15) is 75.0 Å². The maximum atomic E-state index is 15.3. The molecule has 0 aliphatic carbocycles. The van der Waals surface area contributed by atoms with Crippen molar-refractivity contribution in [3.8, 4) is 56.0 Å². The highest BCUT2D eigenvalue weighted by Crippen LogP contribution is 2.42. The van der Waals surface area contributed by atoms with Crippen LogP contribution in [-0.2, 0) is 37.9 Å². The van der Waals surface area contributed by atoms with Crippen LogP contribution in [0.15, 0.2) is 230 Å². The first-order valence-electron chi connectivity index (χ1n) is 39.2. The lowest BCUT2D eigenvalue weighted by Crippen LogP contribution is -2.33.